The first-order valence-corrected chi connectivity index (χ1v) is 6.01. The van der Waals surface area contributed by atoms with Crippen LogP contribution in [-0.2, 0) is 9.53 Å². The first-order valence-electron chi connectivity index (χ1n) is 6.01. The second kappa shape index (κ2) is 8.72. The van der Waals surface area contributed by atoms with Crippen LogP contribution in [0.5, 0.6) is 0 Å². The molecule has 3 heteroatoms. The average Bonchev–Trinajstić information content (AvgIpc) is 2.25. The van der Waals surface area contributed by atoms with Gasteiger partial charge in [0.25, 0.3) is 0 Å². The summed E-state index contributed by atoms with van der Waals surface area (Å²) in [5, 5.41) is 0. The molecule has 0 bridgehead atoms. The van der Waals surface area contributed by atoms with Crippen molar-refractivity contribution in [3.8, 4) is 0 Å². The van der Waals surface area contributed by atoms with E-state index in [0.29, 0.717) is 12.5 Å². The summed E-state index contributed by atoms with van der Waals surface area (Å²) in [6, 6.07) is 0. The van der Waals surface area contributed by atoms with Crippen molar-refractivity contribution >= 4 is 5.91 Å². The summed E-state index contributed by atoms with van der Waals surface area (Å²) in [5.41, 5.74) is 0. The number of carbonyl (C=O) groups excluding carboxylic acids is 1. The quantitative estimate of drug-likeness (QED) is 0.581. The van der Waals surface area contributed by atoms with Gasteiger partial charge in [0.1, 0.15) is 6.61 Å². The molecular formula is C12H25NO2. The maximum Gasteiger partial charge on any atom is 0.248 e. The lowest BCUT2D eigenvalue weighted by Gasteiger charge is -2.23. The average molecular weight is 215 g/mol. The molecule has 0 saturated heterocycles. The van der Waals surface area contributed by atoms with Crippen molar-refractivity contribution in [2.45, 2.75) is 40.5 Å². The van der Waals surface area contributed by atoms with Gasteiger partial charge >= 0.3 is 0 Å². The molecule has 1 atom stereocenters. The zero-order valence-electron chi connectivity index (χ0n) is 10.6. The van der Waals surface area contributed by atoms with Gasteiger partial charge in [-0.2, -0.15) is 0 Å². The lowest BCUT2D eigenvalue weighted by molar-refractivity contribution is -0.136. The van der Waals surface area contributed by atoms with Crippen LogP contribution in [0.2, 0.25) is 0 Å². The minimum absolute atomic E-state index is 0.117. The summed E-state index contributed by atoms with van der Waals surface area (Å²) in [4.78, 5) is 13.6. The Hall–Kier alpha value is -0.570. The molecule has 15 heavy (non-hydrogen) atoms. The van der Waals surface area contributed by atoms with Gasteiger partial charge in [-0.25, -0.2) is 0 Å². The fourth-order valence-corrected chi connectivity index (χ4v) is 1.31. The van der Waals surface area contributed by atoms with Gasteiger partial charge in [0.2, 0.25) is 5.91 Å². The largest absolute Gasteiger partial charge is 0.372 e. The minimum Gasteiger partial charge on any atom is -0.372 e. The molecule has 0 heterocycles. The number of amides is 1. The maximum atomic E-state index is 11.7. The number of likely N-dealkylation sites (N-methyl/N-ethyl adjacent to an activating group) is 1. The molecule has 3 nitrogen and oxygen atoms in total. The molecule has 0 fully saturated rings. The maximum absolute atomic E-state index is 11.7. The van der Waals surface area contributed by atoms with Gasteiger partial charge in [0.15, 0.2) is 0 Å². The summed E-state index contributed by atoms with van der Waals surface area (Å²) >= 11 is 0. The molecule has 90 valence electrons. The Kier molecular flexibility index (Phi) is 8.38. The molecule has 0 radical (unpaired) electrons. The zero-order valence-corrected chi connectivity index (χ0v) is 10.6. The zero-order chi connectivity index (χ0) is 11.7. The van der Waals surface area contributed by atoms with Crippen molar-refractivity contribution < 1.29 is 9.53 Å². The fraction of sp³-hybridized carbons (Fsp3) is 0.917. The summed E-state index contributed by atoms with van der Waals surface area (Å²) < 4.78 is 5.25. The normalized spacial score (nSPS) is 12.5. The Morgan fingerprint density at radius 3 is 2.47 bits per heavy atom. The predicted molar refractivity (Wildman–Crippen MR) is 62.8 cm³/mol. The van der Waals surface area contributed by atoms with E-state index in [2.05, 4.69) is 13.8 Å². The van der Waals surface area contributed by atoms with E-state index in [9.17, 15) is 4.79 Å². The number of ether oxygens (including phenoxy) is 1. The van der Waals surface area contributed by atoms with Gasteiger partial charge in [-0.1, -0.05) is 27.2 Å². The highest BCUT2D eigenvalue weighted by molar-refractivity contribution is 5.77. The first-order chi connectivity index (χ1) is 7.15. The third kappa shape index (κ3) is 6.50. The van der Waals surface area contributed by atoms with Crippen LogP contribution in [0.25, 0.3) is 0 Å². The van der Waals surface area contributed by atoms with Gasteiger partial charge < -0.3 is 9.64 Å². The standard InChI is InChI=1S/C12H25NO2/c1-5-8-15-10-12(14)13(7-3)9-11(4)6-2/h11H,5-10H2,1-4H3. The van der Waals surface area contributed by atoms with E-state index in [4.69, 9.17) is 4.74 Å². The molecule has 1 amide bonds. The van der Waals surface area contributed by atoms with Crippen LogP contribution in [0.3, 0.4) is 0 Å². The SMILES string of the molecule is CCCOCC(=O)N(CC)CC(C)CC. The number of rotatable bonds is 8. The van der Waals surface area contributed by atoms with Crippen molar-refractivity contribution in [3.05, 3.63) is 0 Å². The number of hydrogen-bond acceptors (Lipinski definition) is 2. The summed E-state index contributed by atoms with van der Waals surface area (Å²) in [6.07, 6.45) is 2.07. The van der Waals surface area contributed by atoms with Crippen molar-refractivity contribution in [1.82, 2.24) is 4.90 Å². The molecule has 0 aliphatic carbocycles. The molecule has 0 aliphatic rings. The Bertz CT molecular complexity index is 171. The Morgan fingerprint density at radius 2 is 2.00 bits per heavy atom. The molecule has 0 rings (SSSR count). The van der Waals surface area contributed by atoms with Crippen LogP contribution in [0.1, 0.15) is 40.5 Å². The van der Waals surface area contributed by atoms with Crippen LogP contribution in [0, 0.1) is 5.92 Å². The van der Waals surface area contributed by atoms with Crippen LogP contribution in [0.15, 0.2) is 0 Å². The number of hydrogen-bond donors (Lipinski definition) is 0. The van der Waals surface area contributed by atoms with E-state index in [1.54, 1.807) is 0 Å². The van der Waals surface area contributed by atoms with Crippen molar-refractivity contribution in [2.24, 2.45) is 5.92 Å². The van der Waals surface area contributed by atoms with E-state index >= 15 is 0 Å². The second-order valence-electron chi connectivity index (χ2n) is 4.00. The molecule has 0 aromatic rings. The van der Waals surface area contributed by atoms with E-state index in [1.807, 2.05) is 18.7 Å². The van der Waals surface area contributed by atoms with E-state index < -0.39 is 0 Å². The van der Waals surface area contributed by atoms with Crippen LogP contribution in [0.4, 0.5) is 0 Å². The number of carbonyl (C=O) groups is 1. The predicted octanol–water partition coefficient (Wildman–Crippen LogP) is 2.31. The second-order valence-corrected chi connectivity index (χ2v) is 4.00. The third-order valence-corrected chi connectivity index (χ3v) is 2.54. The summed E-state index contributed by atoms with van der Waals surface area (Å²) in [5.74, 6) is 0.686. The van der Waals surface area contributed by atoms with Gasteiger partial charge in [0, 0.05) is 19.7 Å². The summed E-state index contributed by atoms with van der Waals surface area (Å²) in [6.45, 7) is 10.9. The van der Waals surface area contributed by atoms with Gasteiger partial charge in [0.05, 0.1) is 0 Å². The number of nitrogens with zero attached hydrogens (tertiary/aromatic N) is 1. The molecule has 0 aromatic heterocycles. The highest BCUT2D eigenvalue weighted by atomic mass is 16.5. The first kappa shape index (κ1) is 14.4. The highest BCUT2D eigenvalue weighted by Gasteiger charge is 2.13. The van der Waals surface area contributed by atoms with Gasteiger partial charge in [-0.15, -0.1) is 0 Å². The summed E-state index contributed by atoms with van der Waals surface area (Å²) in [7, 11) is 0. The van der Waals surface area contributed by atoms with Crippen molar-refractivity contribution in [2.75, 3.05) is 26.3 Å². The molecule has 0 spiro atoms. The molecular weight excluding hydrogens is 190 g/mol. The Labute approximate surface area is 93.8 Å². The minimum atomic E-state index is 0.117. The highest BCUT2D eigenvalue weighted by Crippen LogP contribution is 2.04. The molecule has 0 aromatic carbocycles. The van der Waals surface area contributed by atoms with E-state index in [0.717, 1.165) is 25.9 Å². The molecule has 0 N–H and O–H groups in total. The smallest absolute Gasteiger partial charge is 0.248 e. The van der Waals surface area contributed by atoms with Crippen LogP contribution in [-0.4, -0.2) is 37.1 Å². The van der Waals surface area contributed by atoms with Crippen LogP contribution >= 0.6 is 0 Å². The lowest BCUT2D eigenvalue weighted by Crippen LogP contribution is -2.37. The third-order valence-electron chi connectivity index (χ3n) is 2.54. The van der Waals surface area contributed by atoms with Crippen molar-refractivity contribution in [1.29, 1.82) is 0 Å². The topological polar surface area (TPSA) is 29.5 Å². The monoisotopic (exact) mass is 215 g/mol. The van der Waals surface area contributed by atoms with Crippen molar-refractivity contribution in [3.63, 3.8) is 0 Å². The van der Waals surface area contributed by atoms with Crippen LogP contribution < -0.4 is 0 Å². The Morgan fingerprint density at radius 1 is 1.33 bits per heavy atom. The molecule has 0 aliphatic heterocycles. The Balaban J connectivity index is 3.88. The molecule has 1 unspecified atom stereocenters. The molecule has 0 saturated carbocycles. The van der Waals surface area contributed by atoms with E-state index in [-0.39, 0.29) is 12.5 Å². The lowest BCUT2D eigenvalue weighted by atomic mass is 10.1. The van der Waals surface area contributed by atoms with E-state index in [1.165, 1.54) is 0 Å². The van der Waals surface area contributed by atoms with Gasteiger partial charge in [-0.05, 0) is 19.3 Å². The fourth-order valence-electron chi connectivity index (χ4n) is 1.31. The van der Waals surface area contributed by atoms with Gasteiger partial charge in [-0.3, -0.25) is 4.79 Å².